The average molecular weight is 282 g/mol. The van der Waals surface area contributed by atoms with Gasteiger partial charge in [0.15, 0.2) is 0 Å². The second-order valence-corrected chi connectivity index (χ2v) is 5.55. The van der Waals surface area contributed by atoms with Gasteiger partial charge in [0, 0.05) is 18.7 Å². The minimum Gasteiger partial charge on any atom is -0.369 e. The van der Waals surface area contributed by atoms with Crippen LogP contribution in [0.25, 0.3) is 10.8 Å². The Balaban J connectivity index is 1.84. The molecule has 0 spiro atoms. The lowest BCUT2D eigenvalue weighted by Gasteiger charge is -2.31. The van der Waals surface area contributed by atoms with Crippen LogP contribution in [0.5, 0.6) is 0 Å². The van der Waals surface area contributed by atoms with Crippen molar-refractivity contribution in [1.82, 2.24) is 4.90 Å². The molecule has 1 heterocycles. The molecule has 0 radical (unpaired) electrons. The van der Waals surface area contributed by atoms with Crippen LogP contribution in [0.4, 0.5) is 0 Å². The van der Waals surface area contributed by atoms with Gasteiger partial charge in [-0.15, -0.1) is 0 Å². The first-order valence-corrected chi connectivity index (χ1v) is 7.22. The van der Waals surface area contributed by atoms with E-state index in [-0.39, 0.29) is 17.7 Å². The lowest BCUT2D eigenvalue weighted by Crippen LogP contribution is -2.44. The number of benzene rings is 2. The summed E-state index contributed by atoms with van der Waals surface area (Å²) in [6.07, 6.45) is 1.60. The van der Waals surface area contributed by atoms with Crippen molar-refractivity contribution in [2.45, 2.75) is 12.8 Å². The van der Waals surface area contributed by atoms with E-state index >= 15 is 0 Å². The van der Waals surface area contributed by atoms with E-state index in [0.29, 0.717) is 18.7 Å². The number of amides is 2. The quantitative estimate of drug-likeness (QED) is 0.917. The number of carbonyl (C=O) groups excluding carboxylic acids is 2. The molecule has 3 rings (SSSR count). The molecule has 1 aliphatic rings. The van der Waals surface area contributed by atoms with Gasteiger partial charge in [-0.3, -0.25) is 9.59 Å². The Kier molecular flexibility index (Phi) is 3.60. The fraction of sp³-hybridized carbons (Fsp3) is 0.294. The highest BCUT2D eigenvalue weighted by Crippen LogP contribution is 2.21. The molecule has 4 nitrogen and oxygen atoms in total. The number of nitrogens with two attached hydrogens (primary N) is 1. The van der Waals surface area contributed by atoms with Gasteiger partial charge in [-0.05, 0) is 35.7 Å². The van der Waals surface area contributed by atoms with Crippen LogP contribution < -0.4 is 5.73 Å². The maximum Gasteiger partial charge on any atom is 0.253 e. The maximum atomic E-state index is 12.6. The summed E-state index contributed by atoms with van der Waals surface area (Å²) in [6, 6.07) is 13.7. The van der Waals surface area contributed by atoms with E-state index in [1.165, 1.54) is 0 Å². The molecule has 1 unspecified atom stereocenters. The van der Waals surface area contributed by atoms with E-state index < -0.39 is 0 Å². The van der Waals surface area contributed by atoms with Gasteiger partial charge in [-0.1, -0.05) is 30.3 Å². The maximum absolute atomic E-state index is 12.6. The van der Waals surface area contributed by atoms with Crippen LogP contribution in [-0.2, 0) is 4.79 Å². The number of carbonyl (C=O) groups is 2. The summed E-state index contributed by atoms with van der Waals surface area (Å²) in [5.74, 6) is -0.555. The van der Waals surface area contributed by atoms with Gasteiger partial charge in [0.2, 0.25) is 5.91 Å². The highest BCUT2D eigenvalue weighted by Gasteiger charge is 2.27. The number of likely N-dealkylation sites (tertiary alicyclic amines) is 1. The van der Waals surface area contributed by atoms with E-state index in [9.17, 15) is 9.59 Å². The minimum absolute atomic E-state index is 0.0216. The molecule has 1 fully saturated rings. The van der Waals surface area contributed by atoms with Crippen LogP contribution >= 0.6 is 0 Å². The molecule has 2 N–H and O–H groups in total. The molecule has 1 saturated heterocycles. The second-order valence-electron chi connectivity index (χ2n) is 5.55. The molecular formula is C17H18N2O2. The summed E-state index contributed by atoms with van der Waals surface area (Å²) < 4.78 is 0. The van der Waals surface area contributed by atoms with Crippen LogP contribution in [0.2, 0.25) is 0 Å². The molecule has 0 aliphatic carbocycles. The van der Waals surface area contributed by atoms with Gasteiger partial charge in [0.05, 0.1) is 5.92 Å². The van der Waals surface area contributed by atoms with Crippen LogP contribution in [0, 0.1) is 5.92 Å². The molecule has 108 valence electrons. The van der Waals surface area contributed by atoms with Crippen molar-refractivity contribution in [3.63, 3.8) is 0 Å². The van der Waals surface area contributed by atoms with Gasteiger partial charge < -0.3 is 10.6 Å². The Labute approximate surface area is 123 Å². The van der Waals surface area contributed by atoms with Gasteiger partial charge in [0.25, 0.3) is 5.91 Å². The fourth-order valence-electron chi connectivity index (χ4n) is 2.90. The molecule has 2 aromatic carbocycles. The Morgan fingerprint density at radius 1 is 1.10 bits per heavy atom. The largest absolute Gasteiger partial charge is 0.369 e. The van der Waals surface area contributed by atoms with Gasteiger partial charge >= 0.3 is 0 Å². The highest BCUT2D eigenvalue weighted by atomic mass is 16.2. The number of piperidine rings is 1. The van der Waals surface area contributed by atoms with Crippen LogP contribution in [0.15, 0.2) is 42.5 Å². The lowest BCUT2D eigenvalue weighted by atomic mass is 9.96. The standard InChI is InChI=1S/C17H18N2O2/c18-16(20)15-6-3-9-19(11-15)17(21)14-8-7-12-4-1-2-5-13(12)10-14/h1-2,4-5,7-8,10,15H,3,6,9,11H2,(H2,18,20). The number of rotatable bonds is 2. The van der Waals surface area contributed by atoms with Crippen molar-refractivity contribution in [2.75, 3.05) is 13.1 Å². The Morgan fingerprint density at radius 3 is 2.62 bits per heavy atom. The zero-order valence-corrected chi connectivity index (χ0v) is 11.8. The lowest BCUT2D eigenvalue weighted by molar-refractivity contribution is -0.123. The summed E-state index contributed by atoms with van der Waals surface area (Å²) in [4.78, 5) is 25.6. The first-order chi connectivity index (χ1) is 10.1. The summed E-state index contributed by atoms with van der Waals surface area (Å²) in [7, 11) is 0. The van der Waals surface area contributed by atoms with Crippen molar-refractivity contribution in [2.24, 2.45) is 11.7 Å². The van der Waals surface area contributed by atoms with E-state index in [4.69, 9.17) is 5.73 Å². The summed E-state index contributed by atoms with van der Waals surface area (Å²) in [5, 5.41) is 2.16. The number of hydrogen-bond acceptors (Lipinski definition) is 2. The van der Waals surface area contributed by atoms with Crippen molar-refractivity contribution >= 4 is 22.6 Å². The van der Waals surface area contributed by atoms with Gasteiger partial charge in [-0.2, -0.15) is 0 Å². The molecule has 1 aliphatic heterocycles. The SMILES string of the molecule is NC(=O)C1CCCN(C(=O)c2ccc3ccccc3c2)C1. The summed E-state index contributed by atoms with van der Waals surface area (Å²) >= 11 is 0. The normalized spacial score (nSPS) is 18.7. The highest BCUT2D eigenvalue weighted by molar-refractivity contribution is 5.98. The summed E-state index contributed by atoms with van der Waals surface area (Å²) in [6.45, 7) is 1.12. The van der Waals surface area contributed by atoms with E-state index in [0.717, 1.165) is 23.6 Å². The van der Waals surface area contributed by atoms with Crippen molar-refractivity contribution in [3.05, 3.63) is 48.0 Å². The van der Waals surface area contributed by atoms with Crippen LogP contribution in [0.1, 0.15) is 23.2 Å². The third kappa shape index (κ3) is 2.75. The Bertz CT molecular complexity index is 696. The third-order valence-electron chi connectivity index (χ3n) is 4.11. The zero-order valence-electron chi connectivity index (χ0n) is 11.8. The second kappa shape index (κ2) is 5.56. The van der Waals surface area contributed by atoms with E-state index in [2.05, 4.69) is 0 Å². The van der Waals surface area contributed by atoms with E-state index in [1.807, 2.05) is 42.5 Å². The summed E-state index contributed by atoms with van der Waals surface area (Å²) in [5.41, 5.74) is 6.03. The topological polar surface area (TPSA) is 63.4 Å². The van der Waals surface area contributed by atoms with Gasteiger partial charge in [-0.25, -0.2) is 0 Å². The Morgan fingerprint density at radius 2 is 1.86 bits per heavy atom. The zero-order chi connectivity index (χ0) is 14.8. The molecule has 2 amide bonds. The average Bonchev–Trinajstić information content (AvgIpc) is 2.53. The predicted molar refractivity (Wildman–Crippen MR) is 81.8 cm³/mol. The van der Waals surface area contributed by atoms with Crippen molar-refractivity contribution < 1.29 is 9.59 Å². The number of fused-ring (bicyclic) bond motifs is 1. The first-order valence-electron chi connectivity index (χ1n) is 7.22. The number of hydrogen-bond donors (Lipinski definition) is 1. The Hall–Kier alpha value is -2.36. The molecule has 0 bridgehead atoms. The van der Waals surface area contributed by atoms with Crippen molar-refractivity contribution in [3.8, 4) is 0 Å². The third-order valence-corrected chi connectivity index (χ3v) is 4.11. The molecular weight excluding hydrogens is 264 g/mol. The predicted octanol–water partition coefficient (Wildman–Crippen LogP) is 2.18. The fourth-order valence-corrected chi connectivity index (χ4v) is 2.90. The molecule has 21 heavy (non-hydrogen) atoms. The monoisotopic (exact) mass is 282 g/mol. The van der Waals surface area contributed by atoms with Gasteiger partial charge in [0.1, 0.15) is 0 Å². The first kappa shape index (κ1) is 13.6. The molecule has 0 saturated carbocycles. The van der Waals surface area contributed by atoms with Crippen LogP contribution in [0.3, 0.4) is 0 Å². The molecule has 1 atom stereocenters. The number of nitrogens with zero attached hydrogens (tertiary/aromatic N) is 1. The van der Waals surface area contributed by atoms with Crippen molar-refractivity contribution in [1.29, 1.82) is 0 Å². The smallest absolute Gasteiger partial charge is 0.253 e. The minimum atomic E-state index is -0.314. The number of primary amides is 1. The molecule has 4 heteroatoms. The molecule has 0 aromatic heterocycles. The van der Waals surface area contributed by atoms with E-state index in [1.54, 1.807) is 4.90 Å². The molecule has 2 aromatic rings. The van der Waals surface area contributed by atoms with Crippen LogP contribution in [-0.4, -0.2) is 29.8 Å².